The van der Waals surface area contributed by atoms with E-state index in [4.69, 9.17) is 9.29 Å². The molecule has 0 heterocycles. The van der Waals surface area contributed by atoms with E-state index in [0.717, 1.165) is 0 Å². The first kappa shape index (κ1) is 16.6. The first-order valence-electron chi connectivity index (χ1n) is 5.16. The normalized spacial score (nSPS) is 10.8. The van der Waals surface area contributed by atoms with Crippen LogP contribution in [0.15, 0.2) is 12.2 Å². The van der Waals surface area contributed by atoms with Crippen molar-refractivity contribution in [3.8, 4) is 0 Å². The molecule has 0 bridgehead atoms. The molecule has 1 N–H and O–H groups in total. The van der Waals surface area contributed by atoms with Gasteiger partial charge >= 0.3 is 11.9 Å². The standard InChI is InChI=1S/C10H16O7S/c1-8(2)10(12)17-5-3-4-9(11)16-6-7-18(13,14)15/h1,3-7H2,2H3,(H,13,14,15). The van der Waals surface area contributed by atoms with Crippen molar-refractivity contribution < 1.29 is 32.0 Å². The first-order chi connectivity index (χ1) is 8.22. The van der Waals surface area contributed by atoms with E-state index in [1.54, 1.807) is 0 Å². The molecule has 0 aromatic carbocycles. The van der Waals surface area contributed by atoms with Crippen LogP contribution in [0.5, 0.6) is 0 Å². The fourth-order valence-corrected chi connectivity index (χ4v) is 1.13. The fraction of sp³-hybridized carbons (Fsp3) is 0.600. The molecular formula is C10H16O7S. The molecule has 0 saturated heterocycles. The van der Waals surface area contributed by atoms with E-state index in [0.29, 0.717) is 0 Å². The van der Waals surface area contributed by atoms with Crippen molar-refractivity contribution >= 4 is 22.1 Å². The van der Waals surface area contributed by atoms with Crippen molar-refractivity contribution in [1.82, 2.24) is 0 Å². The molecule has 0 unspecified atom stereocenters. The van der Waals surface area contributed by atoms with Crippen LogP contribution in [-0.2, 0) is 29.2 Å². The predicted octanol–water partition coefficient (Wildman–Crippen LogP) is 0.317. The van der Waals surface area contributed by atoms with Crippen LogP contribution in [0.25, 0.3) is 0 Å². The molecule has 7 nitrogen and oxygen atoms in total. The van der Waals surface area contributed by atoms with Crippen LogP contribution in [0.3, 0.4) is 0 Å². The van der Waals surface area contributed by atoms with Crippen LogP contribution < -0.4 is 0 Å². The lowest BCUT2D eigenvalue weighted by atomic mass is 10.3. The van der Waals surface area contributed by atoms with Crippen molar-refractivity contribution in [2.45, 2.75) is 19.8 Å². The summed E-state index contributed by atoms with van der Waals surface area (Å²) < 4.78 is 38.3. The topological polar surface area (TPSA) is 107 Å². The van der Waals surface area contributed by atoms with Gasteiger partial charge in [-0.05, 0) is 13.3 Å². The van der Waals surface area contributed by atoms with Gasteiger partial charge in [-0.25, -0.2) is 4.79 Å². The van der Waals surface area contributed by atoms with Gasteiger partial charge in [-0.2, -0.15) is 8.42 Å². The molecule has 0 atom stereocenters. The molecule has 0 spiro atoms. The second-order valence-corrected chi connectivity index (χ2v) is 5.10. The molecule has 0 aliphatic carbocycles. The van der Waals surface area contributed by atoms with Crippen LogP contribution in [0.1, 0.15) is 19.8 Å². The van der Waals surface area contributed by atoms with Crippen LogP contribution >= 0.6 is 0 Å². The maximum atomic E-state index is 11.1. The van der Waals surface area contributed by atoms with Gasteiger partial charge < -0.3 is 9.47 Å². The highest BCUT2D eigenvalue weighted by Crippen LogP contribution is 1.98. The molecule has 0 saturated carbocycles. The maximum Gasteiger partial charge on any atom is 0.333 e. The van der Waals surface area contributed by atoms with Gasteiger partial charge in [0.25, 0.3) is 10.1 Å². The monoisotopic (exact) mass is 280 g/mol. The van der Waals surface area contributed by atoms with E-state index in [-0.39, 0.29) is 25.0 Å². The third-order valence-corrected chi connectivity index (χ3v) is 2.39. The fourth-order valence-electron chi connectivity index (χ4n) is 0.838. The van der Waals surface area contributed by atoms with Gasteiger partial charge in [0.1, 0.15) is 12.4 Å². The Bertz CT molecular complexity index is 410. The Kier molecular flexibility index (Phi) is 7.21. The zero-order valence-corrected chi connectivity index (χ0v) is 10.9. The SMILES string of the molecule is C=C(C)C(=O)OCCCC(=O)OCCS(=O)(=O)O. The highest BCUT2D eigenvalue weighted by Gasteiger charge is 2.08. The smallest absolute Gasteiger partial charge is 0.333 e. The van der Waals surface area contributed by atoms with Gasteiger partial charge in [-0.3, -0.25) is 9.35 Å². The minimum Gasteiger partial charge on any atom is -0.464 e. The van der Waals surface area contributed by atoms with Gasteiger partial charge in [0.2, 0.25) is 0 Å². The second-order valence-electron chi connectivity index (χ2n) is 3.53. The van der Waals surface area contributed by atoms with Crippen molar-refractivity contribution in [1.29, 1.82) is 0 Å². The van der Waals surface area contributed by atoms with E-state index in [9.17, 15) is 18.0 Å². The number of rotatable bonds is 8. The van der Waals surface area contributed by atoms with Gasteiger partial charge in [0.15, 0.2) is 0 Å². The summed E-state index contributed by atoms with van der Waals surface area (Å²) >= 11 is 0. The van der Waals surface area contributed by atoms with Crippen molar-refractivity contribution in [3.63, 3.8) is 0 Å². The Balaban J connectivity index is 3.60. The van der Waals surface area contributed by atoms with Gasteiger partial charge in [0, 0.05) is 12.0 Å². The van der Waals surface area contributed by atoms with E-state index >= 15 is 0 Å². The van der Waals surface area contributed by atoms with Gasteiger partial charge in [-0.15, -0.1) is 0 Å². The van der Waals surface area contributed by atoms with E-state index in [1.807, 2.05) is 0 Å². The Morgan fingerprint density at radius 1 is 1.22 bits per heavy atom. The van der Waals surface area contributed by atoms with Gasteiger partial charge in [0.05, 0.1) is 6.61 Å². The van der Waals surface area contributed by atoms with E-state index < -0.39 is 34.4 Å². The van der Waals surface area contributed by atoms with Crippen molar-refractivity contribution in [3.05, 3.63) is 12.2 Å². The molecule has 0 aromatic rings. The lowest BCUT2D eigenvalue weighted by Gasteiger charge is -2.05. The van der Waals surface area contributed by atoms with Crippen LogP contribution in [0.2, 0.25) is 0 Å². The molecular weight excluding hydrogens is 264 g/mol. The lowest BCUT2D eigenvalue weighted by molar-refractivity contribution is -0.145. The number of hydrogen-bond donors (Lipinski definition) is 1. The molecule has 0 fully saturated rings. The number of esters is 2. The number of carbonyl (C=O) groups is 2. The molecule has 18 heavy (non-hydrogen) atoms. The molecule has 0 rings (SSSR count). The van der Waals surface area contributed by atoms with Crippen LogP contribution in [0, 0.1) is 0 Å². The zero-order chi connectivity index (χ0) is 14.2. The summed E-state index contributed by atoms with van der Waals surface area (Å²) in [6.07, 6.45) is 0.263. The average molecular weight is 280 g/mol. The summed E-state index contributed by atoms with van der Waals surface area (Å²) in [6.45, 7) is 4.55. The zero-order valence-electron chi connectivity index (χ0n) is 10.0. The average Bonchev–Trinajstić information content (AvgIpc) is 2.22. The molecule has 0 amide bonds. The number of carbonyl (C=O) groups excluding carboxylic acids is 2. The van der Waals surface area contributed by atoms with Crippen molar-refractivity contribution in [2.75, 3.05) is 19.0 Å². The lowest BCUT2D eigenvalue weighted by Crippen LogP contribution is -2.15. The summed E-state index contributed by atoms with van der Waals surface area (Å²) in [4.78, 5) is 22.0. The maximum absolute atomic E-state index is 11.1. The summed E-state index contributed by atoms with van der Waals surface area (Å²) in [6, 6.07) is 0. The summed E-state index contributed by atoms with van der Waals surface area (Å²) in [5.74, 6) is -1.79. The molecule has 0 aliphatic rings. The first-order valence-corrected chi connectivity index (χ1v) is 6.76. The predicted molar refractivity (Wildman–Crippen MR) is 62.4 cm³/mol. The number of hydrogen-bond acceptors (Lipinski definition) is 6. The Hall–Kier alpha value is -1.41. The van der Waals surface area contributed by atoms with Gasteiger partial charge in [-0.1, -0.05) is 6.58 Å². The Morgan fingerprint density at radius 3 is 2.33 bits per heavy atom. The summed E-state index contributed by atoms with van der Waals surface area (Å²) in [5, 5.41) is 0. The third kappa shape index (κ3) is 9.79. The third-order valence-electron chi connectivity index (χ3n) is 1.71. The second kappa shape index (κ2) is 7.83. The van der Waals surface area contributed by atoms with E-state index in [1.165, 1.54) is 6.92 Å². The van der Waals surface area contributed by atoms with Crippen molar-refractivity contribution in [2.24, 2.45) is 0 Å². The quantitative estimate of drug-likeness (QED) is 0.295. The highest BCUT2D eigenvalue weighted by atomic mass is 32.2. The minimum atomic E-state index is -4.12. The Labute approximate surface area is 106 Å². The van der Waals surface area contributed by atoms with Crippen LogP contribution in [0.4, 0.5) is 0 Å². The molecule has 0 aliphatic heterocycles. The molecule has 8 heteroatoms. The largest absolute Gasteiger partial charge is 0.464 e. The minimum absolute atomic E-state index is 0.00501. The molecule has 104 valence electrons. The summed E-state index contributed by atoms with van der Waals surface area (Å²) in [5.41, 5.74) is 0.269. The molecule has 0 radical (unpaired) electrons. The highest BCUT2D eigenvalue weighted by molar-refractivity contribution is 7.85. The van der Waals surface area contributed by atoms with E-state index in [2.05, 4.69) is 11.3 Å². The Morgan fingerprint density at radius 2 is 1.83 bits per heavy atom. The number of ether oxygens (including phenoxy) is 2. The van der Waals surface area contributed by atoms with Crippen LogP contribution in [-0.4, -0.2) is 43.9 Å². The molecule has 0 aromatic heterocycles. The summed E-state index contributed by atoms with van der Waals surface area (Å²) in [7, 11) is -4.12.